The van der Waals surface area contributed by atoms with Gasteiger partial charge in [0.15, 0.2) is 6.10 Å². The summed E-state index contributed by atoms with van der Waals surface area (Å²) < 4.78 is 11.7. The molecule has 0 heterocycles. The Morgan fingerprint density at radius 3 is 2.57 bits per heavy atom. The molecule has 0 aliphatic carbocycles. The van der Waals surface area contributed by atoms with Gasteiger partial charge in [0.25, 0.3) is 5.91 Å². The van der Waals surface area contributed by atoms with Crippen molar-refractivity contribution in [2.75, 3.05) is 12.4 Å². The third kappa shape index (κ3) is 4.62. The number of methoxy groups -OCH3 is 1. The zero-order valence-corrected chi connectivity index (χ0v) is 15.4. The average Bonchev–Trinajstić information content (AvgIpc) is 2.50. The Balaban J connectivity index is 2.10. The third-order valence-corrected chi connectivity index (χ3v) is 4.03. The van der Waals surface area contributed by atoms with Crippen LogP contribution in [-0.4, -0.2) is 19.1 Å². The van der Waals surface area contributed by atoms with Crippen LogP contribution in [-0.2, 0) is 4.79 Å². The van der Waals surface area contributed by atoms with Gasteiger partial charge in [-0.3, -0.25) is 4.79 Å². The highest BCUT2D eigenvalue weighted by atomic mass is 79.9. The summed E-state index contributed by atoms with van der Waals surface area (Å²) in [6.07, 6.45) is -0.683. The normalized spacial score (nSPS) is 11.7. The molecule has 0 fully saturated rings. The van der Waals surface area contributed by atoms with Crippen molar-refractivity contribution in [3.05, 3.63) is 51.5 Å². The molecule has 0 spiro atoms. The number of amides is 1. The first kappa shape index (κ1) is 17.6. The summed E-state index contributed by atoms with van der Waals surface area (Å²) in [5, 5.41) is 3.27. The van der Waals surface area contributed by atoms with E-state index in [1.165, 1.54) is 7.11 Å². The minimum Gasteiger partial charge on any atom is -0.495 e. The summed E-state index contributed by atoms with van der Waals surface area (Å²) in [6.45, 7) is 3.66. The fraction of sp³-hybridized carbons (Fsp3) is 0.235. The van der Waals surface area contributed by atoms with Crippen molar-refractivity contribution in [2.45, 2.75) is 20.0 Å². The molecule has 122 valence electrons. The lowest BCUT2D eigenvalue weighted by Gasteiger charge is -2.17. The Hall–Kier alpha value is -1.72. The summed E-state index contributed by atoms with van der Waals surface area (Å²) in [5.74, 6) is 0.848. The molecule has 2 aromatic rings. The van der Waals surface area contributed by atoms with Crippen molar-refractivity contribution in [3.63, 3.8) is 0 Å². The molecule has 0 bridgehead atoms. The van der Waals surface area contributed by atoms with Gasteiger partial charge >= 0.3 is 0 Å². The minimum absolute atomic E-state index is 0.293. The highest BCUT2D eigenvalue weighted by molar-refractivity contribution is 9.10. The SMILES string of the molecule is COc1ccc(Cl)cc1NC(=O)C(C)Oc1ccc(C)cc1Br. The van der Waals surface area contributed by atoms with Crippen LogP contribution in [0.5, 0.6) is 11.5 Å². The topological polar surface area (TPSA) is 47.6 Å². The Morgan fingerprint density at radius 1 is 1.22 bits per heavy atom. The number of halogens is 2. The third-order valence-electron chi connectivity index (χ3n) is 3.18. The molecule has 1 atom stereocenters. The van der Waals surface area contributed by atoms with Crippen molar-refractivity contribution in [1.82, 2.24) is 0 Å². The number of aryl methyl sites for hydroxylation is 1. The lowest BCUT2D eigenvalue weighted by atomic mass is 10.2. The smallest absolute Gasteiger partial charge is 0.265 e. The second-order valence-corrected chi connectivity index (χ2v) is 6.32. The largest absolute Gasteiger partial charge is 0.495 e. The van der Waals surface area contributed by atoms with Gasteiger partial charge in [0, 0.05) is 5.02 Å². The van der Waals surface area contributed by atoms with Gasteiger partial charge in [-0.15, -0.1) is 0 Å². The second-order valence-electron chi connectivity index (χ2n) is 5.03. The van der Waals surface area contributed by atoms with E-state index >= 15 is 0 Å². The molecule has 1 amide bonds. The molecule has 0 aliphatic heterocycles. The van der Waals surface area contributed by atoms with Gasteiger partial charge in [-0.2, -0.15) is 0 Å². The van der Waals surface area contributed by atoms with E-state index in [4.69, 9.17) is 21.1 Å². The fourth-order valence-electron chi connectivity index (χ4n) is 1.96. The van der Waals surface area contributed by atoms with E-state index in [1.54, 1.807) is 25.1 Å². The summed E-state index contributed by atoms with van der Waals surface area (Å²) in [5.41, 5.74) is 1.61. The van der Waals surface area contributed by atoms with Crippen molar-refractivity contribution in [1.29, 1.82) is 0 Å². The first-order valence-corrected chi connectivity index (χ1v) is 8.15. The fourth-order valence-corrected chi connectivity index (χ4v) is 2.72. The summed E-state index contributed by atoms with van der Waals surface area (Å²) in [7, 11) is 1.53. The van der Waals surface area contributed by atoms with Gasteiger partial charge in [0.2, 0.25) is 0 Å². The standard InChI is InChI=1S/C17H17BrClNO3/c1-10-4-6-15(13(18)8-10)23-11(2)17(21)20-14-9-12(19)5-7-16(14)22-3/h4-9,11H,1-3H3,(H,20,21). The Bertz CT molecular complexity index is 721. The van der Waals surface area contributed by atoms with Gasteiger partial charge < -0.3 is 14.8 Å². The molecule has 2 rings (SSSR count). The van der Waals surface area contributed by atoms with Gasteiger partial charge in [-0.1, -0.05) is 17.7 Å². The summed E-state index contributed by atoms with van der Waals surface area (Å²) >= 11 is 9.39. The Morgan fingerprint density at radius 2 is 1.91 bits per heavy atom. The highest BCUT2D eigenvalue weighted by Gasteiger charge is 2.18. The van der Waals surface area contributed by atoms with Crippen LogP contribution in [0.15, 0.2) is 40.9 Å². The first-order chi connectivity index (χ1) is 10.9. The number of nitrogens with one attached hydrogen (secondary N) is 1. The van der Waals surface area contributed by atoms with Crippen LogP contribution in [0.25, 0.3) is 0 Å². The predicted molar refractivity (Wildman–Crippen MR) is 95.6 cm³/mol. The van der Waals surface area contributed by atoms with Crippen LogP contribution in [0.3, 0.4) is 0 Å². The van der Waals surface area contributed by atoms with Crippen molar-refractivity contribution in [3.8, 4) is 11.5 Å². The van der Waals surface area contributed by atoms with Crippen molar-refractivity contribution in [2.24, 2.45) is 0 Å². The van der Waals surface area contributed by atoms with Crippen molar-refractivity contribution >= 4 is 39.1 Å². The van der Waals surface area contributed by atoms with Gasteiger partial charge in [-0.05, 0) is 65.7 Å². The van der Waals surface area contributed by atoms with Crippen LogP contribution in [0.4, 0.5) is 5.69 Å². The predicted octanol–water partition coefficient (Wildman–Crippen LogP) is 4.83. The average molecular weight is 399 g/mol. The molecule has 2 aromatic carbocycles. The van der Waals surface area contributed by atoms with E-state index in [1.807, 2.05) is 25.1 Å². The number of rotatable bonds is 5. The molecule has 0 saturated carbocycles. The van der Waals surface area contributed by atoms with E-state index in [2.05, 4.69) is 21.2 Å². The number of anilines is 1. The molecule has 1 N–H and O–H groups in total. The van der Waals surface area contributed by atoms with E-state index in [0.717, 1.165) is 10.0 Å². The van der Waals surface area contributed by atoms with Crippen LogP contribution in [0, 0.1) is 6.92 Å². The maximum Gasteiger partial charge on any atom is 0.265 e. The van der Waals surface area contributed by atoms with E-state index in [-0.39, 0.29) is 5.91 Å². The van der Waals surface area contributed by atoms with Gasteiger partial charge in [0.1, 0.15) is 11.5 Å². The zero-order chi connectivity index (χ0) is 17.0. The molecule has 6 heteroatoms. The monoisotopic (exact) mass is 397 g/mol. The number of ether oxygens (including phenoxy) is 2. The quantitative estimate of drug-likeness (QED) is 0.785. The molecule has 0 aliphatic rings. The zero-order valence-electron chi connectivity index (χ0n) is 13.0. The lowest BCUT2D eigenvalue weighted by molar-refractivity contribution is -0.122. The number of carbonyl (C=O) groups is 1. The molecule has 0 aromatic heterocycles. The number of hydrogen-bond acceptors (Lipinski definition) is 3. The molecule has 23 heavy (non-hydrogen) atoms. The second kappa shape index (κ2) is 7.70. The molecule has 4 nitrogen and oxygen atoms in total. The Kier molecular flexibility index (Phi) is 5.91. The van der Waals surface area contributed by atoms with Crippen LogP contribution in [0.2, 0.25) is 5.02 Å². The minimum atomic E-state index is -0.683. The molecule has 0 saturated heterocycles. The summed E-state index contributed by atoms with van der Waals surface area (Å²) in [4.78, 5) is 12.3. The Labute approximate surface area is 148 Å². The molecule has 0 radical (unpaired) electrons. The van der Waals surface area contributed by atoms with E-state index < -0.39 is 6.10 Å². The molecular weight excluding hydrogens is 382 g/mol. The van der Waals surface area contributed by atoms with Crippen LogP contribution < -0.4 is 14.8 Å². The maximum atomic E-state index is 12.3. The van der Waals surface area contributed by atoms with Crippen molar-refractivity contribution < 1.29 is 14.3 Å². The molecular formula is C17H17BrClNO3. The van der Waals surface area contributed by atoms with Crippen LogP contribution in [0.1, 0.15) is 12.5 Å². The number of benzene rings is 2. The lowest BCUT2D eigenvalue weighted by Crippen LogP contribution is -2.30. The van der Waals surface area contributed by atoms with E-state index in [9.17, 15) is 4.79 Å². The first-order valence-electron chi connectivity index (χ1n) is 6.98. The van der Waals surface area contributed by atoms with Crippen LogP contribution >= 0.6 is 27.5 Å². The highest BCUT2D eigenvalue weighted by Crippen LogP contribution is 2.29. The summed E-state index contributed by atoms with van der Waals surface area (Å²) in [6, 6.07) is 10.7. The van der Waals surface area contributed by atoms with Gasteiger partial charge in [0.05, 0.1) is 17.3 Å². The van der Waals surface area contributed by atoms with Gasteiger partial charge in [-0.25, -0.2) is 0 Å². The molecule has 1 unspecified atom stereocenters. The number of hydrogen-bond donors (Lipinski definition) is 1. The van der Waals surface area contributed by atoms with E-state index in [0.29, 0.717) is 22.2 Å². The maximum absolute atomic E-state index is 12.3. The number of carbonyl (C=O) groups excluding carboxylic acids is 1.